The molecule has 0 bridgehead atoms. The van der Waals surface area contributed by atoms with E-state index >= 15 is 0 Å². The first kappa shape index (κ1) is 19.7. The van der Waals surface area contributed by atoms with Crippen LogP contribution in [0.1, 0.15) is 53.4 Å². The van der Waals surface area contributed by atoms with Gasteiger partial charge in [0.2, 0.25) is 0 Å². The number of carbonyl (C=O) groups excluding carboxylic acids is 2. The maximum Gasteiger partial charge on any atom is 0.425 e. The number of alkyl halides is 3. The molecule has 0 aromatic heterocycles. The van der Waals surface area contributed by atoms with Gasteiger partial charge in [0, 0.05) is 12.8 Å². The average Bonchev–Trinajstić information content (AvgIpc) is 2.34. The molecule has 7 heteroatoms. The summed E-state index contributed by atoms with van der Waals surface area (Å²) in [4.78, 5) is 22.7. The Morgan fingerprint density at radius 1 is 1.00 bits per heavy atom. The van der Waals surface area contributed by atoms with Crippen molar-refractivity contribution in [3.8, 4) is 0 Å². The molecule has 2 unspecified atom stereocenters. The number of rotatable bonds is 8. The predicted molar refractivity (Wildman–Crippen MR) is 70.5 cm³/mol. The molecule has 0 aliphatic heterocycles. The van der Waals surface area contributed by atoms with Gasteiger partial charge in [0.05, 0.1) is 0 Å². The molecule has 0 heterocycles. The van der Waals surface area contributed by atoms with Crippen LogP contribution in [0, 0.1) is 5.92 Å². The van der Waals surface area contributed by atoms with Crippen molar-refractivity contribution >= 4 is 11.9 Å². The molecular weight excluding hydrogens is 289 g/mol. The molecule has 2 atom stereocenters. The summed E-state index contributed by atoms with van der Waals surface area (Å²) in [5.74, 6) is -1.23. The minimum atomic E-state index is -4.57. The van der Waals surface area contributed by atoms with Gasteiger partial charge in [0.1, 0.15) is 6.10 Å². The molecule has 0 rings (SSSR count). The van der Waals surface area contributed by atoms with Crippen LogP contribution in [0.2, 0.25) is 0 Å². The maximum atomic E-state index is 12.2. The Balaban J connectivity index is 3.98. The Labute approximate surface area is 123 Å². The molecule has 0 spiro atoms. The summed E-state index contributed by atoms with van der Waals surface area (Å²) in [6, 6.07) is 0. The van der Waals surface area contributed by atoms with Crippen LogP contribution in [0.3, 0.4) is 0 Å². The molecule has 0 saturated heterocycles. The van der Waals surface area contributed by atoms with E-state index in [0.717, 1.165) is 6.92 Å². The van der Waals surface area contributed by atoms with Crippen molar-refractivity contribution in [3.05, 3.63) is 0 Å². The Kier molecular flexibility index (Phi) is 8.36. The summed E-state index contributed by atoms with van der Waals surface area (Å²) in [5.41, 5.74) is 0. The fourth-order valence-electron chi connectivity index (χ4n) is 1.62. The quantitative estimate of drug-likeness (QED) is 0.642. The number of hydrogen-bond acceptors (Lipinski definition) is 4. The van der Waals surface area contributed by atoms with Crippen molar-refractivity contribution in [1.29, 1.82) is 0 Å². The molecule has 0 radical (unpaired) electrons. The molecule has 0 aromatic rings. The smallest absolute Gasteiger partial charge is 0.425 e. The third-order valence-electron chi connectivity index (χ3n) is 2.96. The van der Waals surface area contributed by atoms with Crippen LogP contribution >= 0.6 is 0 Å². The highest BCUT2D eigenvalue weighted by Crippen LogP contribution is 2.22. The highest BCUT2D eigenvalue weighted by molar-refractivity contribution is 5.72. The lowest BCUT2D eigenvalue weighted by Gasteiger charge is -2.19. The van der Waals surface area contributed by atoms with Gasteiger partial charge in [-0.05, 0) is 25.7 Å². The van der Waals surface area contributed by atoms with E-state index in [0.29, 0.717) is 6.42 Å². The molecule has 0 aliphatic rings. The van der Waals surface area contributed by atoms with Crippen molar-refractivity contribution in [2.24, 2.45) is 5.92 Å². The lowest BCUT2D eigenvalue weighted by atomic mass is 10.1. The normalized spacial score (nSPS) is 14.7. The fourth-order valence-corrected chi connectivity index (χ4v) is 1.62. The van der Waals surface area contributed by atoms with Crippen molar-refractivity contribution in [1.82, 2.24) is 0 Å². The first-order chi connectivity index (χ1) is 9.57. The summed E-state index contributed by atoms with van der Waals surface area (Å²) in [6.45, 7) is 6.52. The predicted octanol–water partition coefficient (Wildman–Crippen LogP) is 3.63. The van der Waals surface area contributed by atoms with E-state index < -0.39 is 24.2 Å². The third kappa shape index (κ3) is 8.57. The van der Waals surface area contributed by atoms with Gasteiger partial charge in [-0.15, -0.1) is 0 Å². The third-order valence-corrected chi connectivity index (χ3v) is 2.96. The van der Waals surface area contributed by atoms with Gasteiger partial charge < -0.3 is 9.47 Å². The lowest BCUT2D eigenvalue weighted by Crippen LogP contribution is -2.30. The van der Waals surface area contributed by atoms with Gasteiger partial charge in [0.25, 0.3) is 0 Å². The number of hydrogen-bond donors (Lipinski definition) is 0. The second-order valence-electron chi connectivity index (χ2n) is 5.21. The number of esters is 2. The summed E-state index contributed by atoms with van der Waals surface area (Å²) < 4.78 is 45.9. The van der Waals surface area contributed by atoms with Gasteiger partial charge in [-0.1, -0.05) is 20.8 Å². The van der Waals surface area contributed by atoms with Crippen LogP contribution < -0.4 is 0 Å². The second-order valence-corrected chi connectivity index (χ2v) is 5.21. The van der Waals surface area contributed by atoms with Gasteiger partial charge in [0.15, 0.2) is 6.10 Å². The minimum Gasteiger partial charge on any atom is -0.462 e. The Morgan fingerprint density at radius 3 is 1.86 bits per heavy atom. The van der Waals surface area contributed by atoms with Crippen molar-refractivity contribution in [3.63, 3.8) is 0 Å². The molecule has 0 aromatic carbocycles. The molecule has 0 N–H and O–H groups in total. The highest BCUT2D eigenvalue weighted by Gasteiger charge is 2.38. The standard InChI is InChI=1S/C14H23F3O4/c1-5-11(9(2)3)21-13(19)8-6-7-12(18)20-10(4)14(15,16)17/h9-11H,5-8H2,1-4H3. The zero-order chi connectivity index (χ0) is 16.6. The highest BCUT2D eigenvalue weighted by atomic mass is 19.4. The van der Waals surface area contributed by atoms with E-state index in [-0.39, 0.29) is 31.3 Å². The van der Waals surface area contributed by atoms with E-state index in [1.807, 2.05) is 20.8 Å². The SMILES string of the molecule is CCC(OC(=O)CCCC(=O)OC(C)C(F)(F)F)C(C)C. The fraction of sp³-hybridized carbons (Fsp3) is 0.857. The van der Waals surface area contributed by atoms with Crippen molar-refractivity contribution in [2.75, 3.05) is 0 Å². The van der Waals surface area contributed by atoms with Crippen LogP contribution in [0.25, 0.3) is 0 Å². The van der Waals surface area contributed by atoms with Gasteiger partial charge in [-0.25, -0.2) is 0 Å². The van der Waals surface area contributed by atoms with Crippen LogP contribution in [0.15, 0.2) is 0 Å². The van der Waals surface area contributed by atoms with Crippen LogP contribution in [0.4, 0.5) is 13.2 Å². The van der Waals surface area contributed by atoms with E-state index in [1.54, 1.807) is 0 Å². The van der Waals surface area contributed by atoms with Crippen molar-refractivity contribution in [2.45, 2.75) is 71.8 Å². The molecule has 0 aliphatic carbocycles. The van der Waals surface area contributed by atoms with E-state index in [1.165, 1.54) is 0 Å². The summed E-state index contributed by atoms with van der Waals surface area (Å²) >= 11 is 0. The van der Waals surface area contributed by atoms with Crippen molar-refractivity contribution < 1.29 is 32.2 Å². The largest absolute Gasteiger partial charge is 0.462 e. The molecular formula is C14H23F3O4. The zero-order valence-corrected chi connectivity index (χ0v) is 12.8. The maximum absolute atomic E-state index is 12.2. The molecule has 124 valence electrons. The summed E-state index contributed by atoms with van der Waals surface area (Å²) in [7, 11) is 0. The number of carbonyl (C=O) groups is 2. The Hall–Kier alpha value is -1.27. The summed E-state index contributed by atoms with van der Waals surface area (Å²) in [5, 5.41) is 0. The number of halogens is 3. The van der Waals surface area contributed by atoms with Gasteiger partial charge >= 0.3 is 18.1 Å². The minimum absolute atomic E-state index is 0.0152. The number of ether oxygens (including phenoxy) is 2. The average molecular weight is 312 g/mol. The molecule has 0 saturated carbocycles. The Morgan fingerprint density at radius 2 is 1.48 bits per heavy atom. The van der Waals surface area contributed by atoms with E-state index in [2.05, 4.69) is 4.74 Å². The Bertz CT molecular complexity index is 324. The van der Waals surface area contributed by atoms with Gasteiger partial charge in [-0.2, -0.15) is 13.2 Å². The molecule has 0 amide bonds. The van der Waals surface area contributed by atoms with Crippen LogP contribution in [0.5, 0.6) is 0 Å². The van der Waals surface area contributed by atoms with E-state index in [4.69, 9.17) is 4.74 Å². The first-order valence-corrected chi connectivity index (χ1v) is 7.03. The van der Waals surface area contributed by atoms with Gasteiger partial charge in [-0.3, -0.25) is 9.59 Å². The first-order valence-electron chi connectivity index (χ1n) is 7.03. The summed E-state index contributed by atoms with van der Waals surface area (Å²) in [6.07, 6.45) is -6.35. The van der Waals surface area contributed by atoms with Crippen LogP contribution in [-0.2, 0) is 19.1 Å². The lowest BCUT2D eigenvalue weighted by molar-refractivity contribution is -0.216. The van der Waals surface area contributed by atoms with E-state index in [9.17, 15) is 22.8 Å². The second kappa shape index (κ2) is 8.89. The molecule has 4 nitrogen and oxygen atoms in total. The topological polar surface area (TPSA) is 52.6 Å². The zero-order valence-electron chi connectivity index (χ0n) is 12.8. The molecule has 21 heavy (non-hydrogen) atoms. The van der Waals surface area contributed by atoms with Crippen LogP contribution in [-0.4, -0.2) is 30.3 Å². The molecule has 0 fully saturated rings. The monoisotopic (exact) mass is 312 g/mol.